The molecule has 2 aliphatic heterocycles. The molecule has 9 heteroatoms. The summed E-state index contributed by atoms with van der Waals surface area (Å²) < 4.78 is 18.2. The predicted molar refractivity (Wildman–Crippen MR) is 132 cm³/mol. The number of aliphatic hydroxyl groups is 1. The zero-order valence-electron chi connectivity index (χ0n) is 19.2. The lowest BCUT2D eigenvalue weighted by atomic mass is 9.86. The van der Waals surface area contributed by atoms with Gasteiger partial charge in [0, 0.05) is 42.6 Å². The molecule has 1 amide bonds. The van der Waals surface area contributed by atoms with Crippen molar-refractivity contribution in [2.75, 3.05) is 39.5 Å². The third-order valence-electron chi connectivity index (χ3n) is 5.99. The van der Waals surface area contributed by atoms with Gasteiger partial charge in [0.05, 0.1) is 19.8 Å². The molecule has 2 aromatic carbocycles. The number of benzene rings is 2. The minimum absolute atomic E-state index is 0.0909. The molecule has 0 saturated carbocycles. The first-order valence-electron chi connectivity index (χ1n) is 11.5. The van der Waals surface area contributed by atoms with E-state index in [9.17, 15) is 4.79 Å². The molecule has 0 bridgehead atoms. The van der Waals surface area contributed by atoms with Crippen LogP contribution in [0, 0.1) is 0 Å². The van der Waals surface area contributed by atoms with E-state index in [1.807, 2.05) is 60.5 Å². The molecule has 2 N–H and O–H groups in total. The van der Waals surface area contributed by atoms with Crippen molar-refractivity contribution in [1.29, 1.82) is 0 Å². The molecule has 0 aliphatic carbocycles. The van der Waals surface area contributed by atoms with Crippen molar-refractivity contribution < 1.29 is 24.1 Å². The maximum absolute atomic E-state index is 13.7. The van der Waals surface area contributed by atoms with Crippen molar-refractivity contribution in [3.8, 4) is 5.75 Å². The van der Waals surface area contributed by atoms with Gasteiger partial charge >= 0.3 is 0 Å². The number of aliphatic hydroxyl groups excluding tert-OH is 1. The number of rotatable bonds is 9. The third kappa shape index (κ3) is 5.78. The Morgan fingerprint density at radius 1 is 1.21 bits per heavy atom. The molecule has 8 nitrogen and oxygen atoms in total. The van der Waals surface area contributed by atoms with E-state index in [1.165, 1.54) is 0 Å². The van der Waals surface area contributed by atoms with Crippen molar-refractivity contribution in [2.24, 2.45) is 4.99 Å². The van der Waals surface area contributed by atoms with Crippen molar-refractivity contribution in [3.05, 3.63) is 64.1 Å². The number of nitrogens with one attached hydrogen (secondary N) is 1. The quantitative estimate of drug-likeness (QED) is 0.483. The average molecular weight is 532 g/mol. The highest BCUT2D eigenvalue weighted by atomic mass is 79.9. The van der Waals surface area contributed by atoms with E-state index >= 15 is 0 Å². The number of amides is 1. The van der Waals surface area contributed by atoms with Crippen LogP contribution in [0.1, 0.15) is 24.5 Å². The maximum atomic E-state index is 13.7. The van der Waals surface area contributed by atoms with Crippen LogP contribution in [-0.4, -0.2) is 73.1 Å². The highest BCUT2D eigenvalue weighted by molar-refractivity contribution is 9.10. The summed E-state index contributed by atoms with van der Waals surface area (Å²) in [4.78, 5) is 18.6. The molecule has 2 atom stereocenters. The smallest absolute Gasteiger partial charge is 0.266 e. The predicted octanol–water partition coefficient (Wildman–Crippen LogP) is 2.72. The number of aliphatic imine (C=N–C) groups is 1. The van der Waals surface area contributed by atoms with Gasteiger partial charge in [-0.3, -0.25) is 10.2 Å². The minimum Gasteiger partial charge on any atom is -0.494 e. The fourth-order valence-corrected chi connectivity index (χ4v) is 4.24. The van der Waals surface area contributed by atoms with Gasteiger partial charge in [0.15, 0.2) is 5.54 Å². The molecule has 0 unspecified atom stereocenters. The van der Waals surface area contributed by atoms with Crippen LogP contribution in [-0.2, 0) is 20.7 Å². The molecule has 0 radical (unpaired) electrons. The number of hydrazine groups is 1. The molecule has 0 aromatic heterocycles. The van der Waals surface area contributed by atoms with E-state index in [0.29, 0.717) is 57.4 Å². The molecule has 2 aromatic rings. The fourth-order valence-electron chi connectivity index (χ4n) is 3.97. The minimum atomic E-state index is -1.11. The van der Waals surface area contributed by atoms with E-state index in [4.69, 9.17) is 24.3 Å². The molecule has 4 rings (SSSR count). The Balaban J connectivity index is 1.59. The van der Waals surface area contributed by atoms with Crippen molar-refractivity contribution >= 4 is 27.7 Å². The highest BCUT2D eigenvalue weighted by Gasteiger charge is 2.50. The third-order valence-corrected chi connectivity index (χ3v) is 6.51. The Hall–Kier alpha value is -2.46. The summed E-state index contributed by atoms with van der Waals surface area (Å²) >= 11 is 3.47. The van der Waals surface area contributed by atoms with Gasteiger partial charge in [-0.05, 0) is 48.9 Å². The first kappa shape index (κ1) is 24.7. The van der Waals surface area contributed by atoms with Crippen LogP contribution < -0.4 is 10.2 Å². The van der Waals surface area contributed by atoms with E-state index in [0.717, 1.165) is 15.6 Å². The molecule has 34 heavy (non-hydrogen) atoms. The van der Waals surface area contributed by atoms with Gasteiger partial charge in [-0.25, -0.2) is 10.0 Å². The van der Waals surface area contributed by atoms with Crippen LogP contribution >= 0.6 is 15.9 Å². The van der Waals surface area contributed by atoms with E-state index in [2.05, 4.69) is 21.4 Å². The zero-order valence-corrected chi connectivity index (χ0v) is 20.8. The normalized spacial score (nSPS) is 22.7. The average Bonchev–Trinajstić information content (AvgIpc) is 3.19. The lowest BCUT2D eigenvalue weighted by Gasteiger charge is -2.33. The Labute approximate surface area is 208 Å². The Bertz CT molecular complexity index is 993. The number of hydrogen-bond acceptors (Lipinski definition) is 7. The van der Waals surface area contributed by atoms with Gasteiger partial charge in [-0.15, -0.1) is 0 Å². The summed E-state index contributed by atoms with van der Waals surface area (Å²) in [7, 11) is 0. The number of hydrogen-bond donors (Lipinski definition) is 2. The summed E-state index contributed by atoms with van der Waals surface area (Å²) in [6, 6.07) is 15.3. The standard InChI is InChI=1S/C25H30BrN3O5/c1-18-25(17-19-3-7-21(26)8-4-19,24(31)28-29-11-15-32-16-12-29)27-23(34-18)20-5-9-22(10-6-20)33-14-2-13-30/h3-10,18,30H,2,11-17H2,1H3,(H,28,31)/t18-,25-/m0/s1. The molecule has 1 fully saturated rings. The van der Waals surface area contributed by atoms with E-state index in [1.54, 1.807) is 0 Å². The van der Waals surface area contributed by atoms with Crippen LogP contribution in [0.15, 0.2) is 58.0 Å². The highest BCUT2D eigenvalue weighted by Crippen LogP contribution is 2.33. The van der Waals surface area contributed by atoms with Crippen LogP contribution in [0.25, 0.3) is 0 Å². The first-order valence-corrected chi connectivity index (χ1v) is 12.3. The first-order chi connectivity index (χ1) is 16.5. The van der Waals surface area contributed by atoms with Crippen LogP contribution in [0.3, 0.4) is 0 Å². The Morgan fingerprint density at radius 3 is 2.59 bits per heavy atom. The zero-order chi connectivity index (χ0) is 24.0. The number of morpholine rings is 1. The molecular formula is C25H30BrN3O5. The van der Waals surface area contributed by atoms with Gasteiger partial charge < -0.3 is 19.3 Å². The Morgan fingerprint density at radius 2 is 1.91 bits per heavy atom. The van der Waals surface area contributed by atoms with E-state index in [-0.39, 0.29) is 12.5 Å². The summed E-state index contributed by atoms with van der Waals surface area (Å²) in [6.07, 6.45) is 0.516. The van der Waals surface area contributed by atoms with Gasteiger partial charge in [0.2, 0.25) is 5.90 Å². The largest absolute Gasteiger partial charge is 0.494 e. The topological polar surface area (TPSA) is 92.6 Å². The number of halogens is 1. The van der Waals surface area contributed by atoms with Gasteiger partial charge in [0.1, 0.15) is 11.9 Å². The van der Waals surface area contributed by atoms with Gasteiger partial charge in [-0.1, -0.05) is 28.1 Å². The molecular weight excluding hydrogens is 502 g/mol. The van der Waals surface area contributed by atoms with Gasteiger partial charge in [0.25, 0.3) is 5.91 Å². The second-order valence-corrected chi connectivity index (χ2v) is 9.31. The summed E-state index contributed by atoms with van der Waals surface area (Å²) in [5.74, 6) is 0.947. The monoisotopic (exact) mass is 531 g/mol. The number of carbonyl (C=O) groups is 1. The maximum Gasteiger partial charge on any atom is 0.266 e. The second kappa shape index (κ2) is 11.3. The van der Waals surface area contributed by atoms with Crippen molar-refractivity contribution in [2.45, 2.75) is 31.4 Å². The molecule has 182 valence electrons. The molecule has 1 saturated heterocycles. The fraction of sp³-hybridized carbons (Fsp3) is 0.440. The Kier molecular flexibility index (Phi) is 8.20. The van der Waals surface area contributed by atoms with E-state index < -0.39 is 11.6 Å². The van der Waals surface area contributed by atoms with Crippen molar-refractivity contribution in [1.82, 2.24) is 10.4 Å². The van der Waals surface area contributed by atoms with Crippen molar-refractivity contribution in [3.63, 3.8) is 0 Å². The number of ether oxygens (including phenoxy) is 3. The molecule has 2 heterocycles. The molecule has 2 aliphatic rings. The molecule has 0 spiro atoms. The lowest BCUT2D eigenvalue weighted by Crippen LogP contribution is -2.58. The SMILES string of the molecule is C[C@@H]1OC(c2ccc(OCCCO)cc2)=N[C@]1(Cc1ccc(Br)cc1)C(=O)NN1CCOCC1. The van der Waals surface area contributed by atoms with Crippen LogP contribution in [0.4, 0.5) is 0 Å². The number of nitrogens with zero attached hydrogens (tertiary/aromatic N) is 2. The summed E-state index contributed by atoms with van der Waals surface area (Å²) in [6.45, 7) is 4.84. The van der Waals surface area contributed by atoms with Gasteiger partial charge in [-0.2, -0.15) is 0 Å². The lowest BCUT2D eigenvalue weighted by molar-refractivity contribution is -0.135. The summed E-state index contributed by atoms with van der Waals surface area (Å²) in [5.41, 5.74) is 3.71. The van der Waals surface area contributed by atoms with Crippen LogP contribution in [0.5, 0.6) is 5.75 Å². The van der Waals surface area contributed by atoms with Crippen LogP contribution in [0.2, 0.25) is 0 Å². The number of carbonyl (C=O) groups excluding carboxylic acids is 1. The summed E-state index contributed by atoms with van der Waals surface area (Å²) in [5, 5.41) is 10.8. The second-order valence-electron chi connectivity index (χ2n) is 8.39.